The van der Waals surface area contributed by atoms with Gasteiger partial charge in [0.15, 0.2) is 0 Å². The van der Waals surface area contributed by atoms with Crippen molar-refractivity contribution in [1.29, 1.82) is 0 Å². The third-order valence-electron chi connectivity index (χ3n) is 3.49. The van der Waals surface area contributed by atoms with Crippen LogP contribution in [0.5, 0.6) is 0 Å². The molecule has 1 saturated heterocycles. The molecule has 2 heterocycles. The zero-order chi connectivity index (χ0) is 12.5. The van der Waals surface area contributed by atoms with Crippen LogP contribution in [0.3, 0.4) is 0 Å². The zero-order valence-corrected chi connectivity index (χ0v) is 10.9. The first-order valence-corrected chi connectivity index (χ1v) is 6.71. The standard InChI is InChI=1S/C13H15N3OS/c17-13-4-9(8-18)6-16(13)7-10-2-1-3-12-11(10)5-14-15-12/h1-3,5,9,18H,4,6-8H2,(H,14,15). The number of H-pyrrole nitrogens is 1. The largest absolute Gasteiger partial charge is 0.338 e. The van der Waals surface area contributed by atoms with Crippen molar-refractivity contribution in [2.75, 3.05) is 12.3 Å². The van der Waals surface area contributed by atoms with Crippen LogP contribution < -0.4 is 0 Å². The van der Waals surface area contributed by atoms with Gasteiger partial charge in [-0.25, -0.2) is 0 Å². The molecule has 1 aliphatic heterocycles. The first kappa shape index (κ1) is 11.6. The van der Waals surface area contributed by atoms with Gasteiger partial charge in [-0.2, -0.15) is 17.7 Å². The molecule has 2 aromatic rings. The summed E-state index contributed by atoms with van der Waals surface area (Å²) in [6.07, 6.45) is 2.45. The quantitative estimate of drug-likeness (QED) is 0.828. The van der Waals surface area contributed by atoms with Crippen molar-refractivity contribution < 1.29 is 4.79 Å². The number of aromatic amines is 1. The second-order valence-electron chi connectivity index (χ2n) is 4.78. The van der Waals surface area contributed by atoms with Crippen molar-refractivity contribution in [2.24, 2.45) is 5.92 Å². The highest BCUT2D eigenvalue weighted by atomic mass is 32.1. The molecule has 1 aromatic carbocycles. The Morgan fingerprint density at radius 1 is 1.50 bits per heavy atom. The minimum absolute atomic E-state index is 0.231. The van der Waals surface area contributed by atoms with Crippen LogP contribution in [-0.4, -0.2) is 33.3 Å². The number of benzene rings is 1. The van der Waals surface area contributed by atoms with E-state index in [9.17, 15) is 4.79 Å². The molecule has 0 saturated carbocycles. The lowest BCUT2D eigenvalue weighted by Crippen LogP contribution is -2.24. The molecule has 1 amide bonds. The molecule has 0 spiro atoms. The number of hydrogen-bond acceptors (Lipinski definition) is 3. The lowest BCUT2D eigenvalue weighted by atomic mass is 10.1. The van der Waals surface area contributed by atoms with E-state index in [2.05, 4.69) is 28.9 Å². The van der Waals surface area contributed by atoms with Gasteiger partial charge in [0.25, 0.3) is 0 Å². The minimum atomic E-state index is 0.231. The summed E-state index contributed by atoms with van der Waals surface area (Å²) in [5.74, 6) is 1.40. The van der Waals surface area contributed by atoms with Crippen LogP contribution in [0.4, 0.5) is 0 Å². The summed E-state index contributed by atoms with van der Waals surface area (Å²) in [5, 5.41) is 8.09. The highest BCUT2D eigenvalue weighted by Gasteiger charge is 2.28. The van der Waals surface area contributed by atoms with E-state index in [4.69, 9.17) is 0 Å². The maximum absolute atomic E-state index is 11.9. The smallest absolute Gasteiger partial charge is 0.223 e. The second-order valence-corrected chi connectivity index (χ2v) is 5.14. The number of rotatable bonds is 3. The van der Waals surface area contributed by atoms with E-state index in [1.807, 2.05) is 23.2 Å². The van der Waals surface area contributed by atoms with Gasteiger partial charge in [-0.05, 0) is 23.3 Å². The van der Waals surface area contributed by atoms with Crippen LogP contribution in [-0.2, 0) is 11.3 Å². The number of amides is 1. The molecule has 1 aromatic heterocycles. The fourth-order valence-electron chi connectivity index (χ4n) is 2.50. The number of nitrogens with zero attached hydrogens (tertiary/aromatic N) is 2. The minimum Gasteiger partial charge on any atom is -0.338 e. The lowest BCUT2D eigenvalue weighted by Gasteiger charge is -2.16. The Bertz CT molecular complexity index is 580. The number of thiol groups is 1. The van der Waals surface area contributed by atoms with Crippen molar-refractivity contribution in [3.8, 4) is 0 Å². The molecule has 1 unspecified atom stereocenters. The Morgan fingerprint density at radius 3 is 3.17 bits per heavy atom. The molecule has 18 heavy (non-hydrogen) atoms. The lowest BCUT2D eigenvalue weighted by molar-refractivity contribution is -0.128. The second kappa shape index (κ2) is 4.65. The number of fused-ring (bicyclic) bond motifs is 1. The fraction of sp³-hybridized carbons (Fsp3) is 0.385. The normalized spacial score (nSPS) is 19.9. The Labute approximate surface area is 111 Å². The van der Waals surface area contributed by atoms with Crippen molar-refractivity contribution in [2.45, 2.75) is 13.0 Å². The van der Waals surface area contributed by atoms with Gasteiger partial charge in [0.05, 0.1) is 11.7 Å². The molecule has 1 atom stereocenters. The van der Waals surface area contributed by atoms with E-state index in [-0.39, 0.29) is 5.91 Å². The van der Waals surface area contributed by atoms with Gasteiger partial charge < -0.3 is 4.90 Å². The molecule has 4 nitrogen and oxygen atoms in total. The van der Waals surface area contributed by atoms with Crippen LogP contribution in [0.2, 0.25) is 0 Å². The van der Waals surface area contributed by atoms with Crippen molar-refractivity contribution in [3.63, 3.8) is 0 Å². The van der Waals surface area contributed by atoms with E-state index >= 15 is 0 Å². The summed E-state index contributed by atoms with van der Waals surface area (Å²) in [5.41, 5.74) is 2.17. The summed E-state index contributed by atoms with van der Waals surface area (Å²) in [6, 6.07) is 6.04. The number of hydrogen-bond donors (Lipinski definition) is 2. The molecular formula is C13H15N3OS. The number of carbonyl (C=O) groups excluding carboxylic acids is 1. The molecular weight excluding hydrogens is 246 g/mol. The number of aromatic nitrogens is 2. The zero-order valence-electron chi connectivity index (χ0n) is 9.97. The van der Waals surface area contributed by atoms with Gasteiger partial charge in [-0.1, -0.05) is 12.1 Å². The molecule has 1 fully saturated rings. The molecule has 0 aliphatic carbocycles. The molecule has 3 rings (SSSR count). The first-order valence-electron chi connectivity index (χ1n) is 6.07. The van der Waals surface area contributed by atoms with Crippen LogP contribution in [0.15, 0.2) is 24.4 Å². The highest BCUT2D eigenvalue weighted by Crippen LogP contribution is 2.23. The van der Waals surface area contributed by atoms with E-state index in [0.29, 0.717) is 18.9 Å². The number of carbonyl (C=O) groups is 1. The summed E-state index contributed by atoms with van der Waals surface area (Å²) >= 11 is 4.28. The number of nitrogens with one attached hydrogen (secondary N) is 1. The van der Waals surface area contributed by atoms with Crippen LogP contribution in [0, 0.1) is 5.92 Å². The summed E-state index contributed by atoms with van der Waals surface area (Å²) in [7, 11) is 0. The Hall–Kier alpha value is -1.49. The van der Waals surface area contributed by atoms with Gasteiger partial charge in [0.2, 0.25) is 5.91 Å². The number of likely N-dealkylation sites (tertiary alicyclic amines) is 1. The van der Waals surface area contributed by atoms with Gasteiger partial charge in [-0.15, -0.1) is 0 Å². The average molecular weight is 261 g/mol. The maximum Gasteiger partial charge on any atom is 0.223 e. The summed E-state index contributed by atoms with van der Waals surface area (Å²) < 4.78 is 0. The van der Waals surface area contributed by atoms with Crippen molar-refractivity contribution in [1.82, 2.24) is 15.1 Å². The van der Waals surface area contributed by atoms with Crippen molar-refractivity contribution >= 4 is 29.4 Å². The van der Waals surface area contributed by atoms with Crippen LogP contribution in [0.1, 0.15) is 12.0 Å². The molecule has 0 bridgehead atoms. The Morgan fingerprint density at radius 2 is 2.39 bits per heavy atom. The van der Waals surface area contributed by atoms with Crippen molar-refractivity contribution in [3.05, 3.63) is 30.0 Å². The monoisotopic (exact) mass is 261 g/mol. The maximum atomic E-state index is 11.9. The van der Waals surface area contributed by atoms with Gasteiger partial charge in [0.1, 0.15) is 0 Å². The first-order chi connectivity index (χ1) is 8.78. The van der Waals surface area contributed by atoms with E-state index in [1.54, 1.807) is 0 Å². The Balaban J connectivity index is 1.84. The molecule has 0 radical (unpaired) electrons. The molecule has 5 heteroatoms. The molecule has 1 N–H and O–H groups in total. The topological polar surface area (TPSA) is 49.0 Å². The van der Waals surface area contributed by atoms with E-state index < -0.39 is 0 Å². The third-order valence-corrected chi connectivity index (χ3v) is 4.01. The molecule has 1 aliphatic rings. The average Bonchev–Trinajstić information content (AvgIpc) is 2.97. The third kappa shape index (κ3) is 1.99. The highest BCUT2D eigenvalue weighted by molar-refractivity contribution is 7.80. The van der Waals surface area contributed by atoms with Gasteiger partial charge >= 0.3 is 0 Å². The van der Waals surface area contributed by atoms with Gasteiger partial charge in [-0.3, -0.25) is 9.89 Å². The van der Waals surface area contributed by atoms with Gasteiger partial charge in [0, 0.05) is 24.9 Å². The fourth-order valence-corrected chi connectivity index (χ4v) is 2.75. The van der Waals surface area contributed by atoms with Crippen LogP contribution >= 0.6 is 12.6 Å². The SMILES string of the molecule is O=C1CC(CS)CN1Cc1cccc2[nH]ncc12. The summed E-state index contributed by atoms with van der Waals surface area (Å²) in [4.78, 5) is 13.8. The van der Waals surface area contributed by atoms with E-state index in [0.717, 1.165) is 28.8 Å². The predicted molar refractivity (Wildman–Crippen MR) is 73.5 cm³/mol. The molecule has 94 valence electrons. The summed E-state index contributed by atoms with van der Waals surface area (Å²) in [6.45, 7) is 1.48. The predicted octanol–water partition coefficient (Wildman–Crippen LogP) is 1.84. The van der Waals surface area contributed by atoms with E-state index in [1.165, 1.54) is 0 Å². The Kier molecular flexibility index (Phi) is 2.99. The van der Waals surface area contributed by atoms with Crippen LogP contribution in [0.25, 0.3) is 10.9 Å².